The Kier molecular flexibility index (Phi) is 6.18. The summed E-state index contributed by atoms with van der Waals surface area (Å²) in [6.07, 6.45) is 6.77. The van der Waals surface area contributed by atoms with Crippen molar-refractivity contribution in [2.75, 3.05) is 44.6 Å². The molecule has 0 spiro atoms. The molecule has 5 heterocycles. The minimum Gasteiger partial charge on any atom is -0.351 e. The number of anilines is 2. The number of nitrogens with one attached hydrogen (secondary N) is 3. The van der Waals surface area contributed by atoms with Crippen LogP contribution in [-0.2, 0) is 0 Å². The maximum absolute atomic E-state index is 12.9. The van der Waals surface area contributed by atoms with Gasteiger partial charge in [0, 0.05) is 64.1 Å². The quantitative estimate of drug-likeness (QED) is 0.395. The summed E-state index contributed by atoms with van der Waals surface area (Å²) in [5.41, 5.74) is 2.53. The highest BCUT2D eigenvalue weighted by atomic mass is 16.1. The van der Waals surface area contributed by atoms with Gasteiger partial charge >= 0.3 is 0 Å². The topological polar surface area (TPSA) is 112 Å². The standard InChI is InChI=1S/C23H25N9O/c33-23(27-11-15-31-13-9-24-10-14-31)17-16-25-8-6-18(17)28-22-20-5-3-12-32(20)30-21(29-22)19-4-1-2-7-26-19/h1-8,12,16,24H,9-11,13-15H2,(H,27,33)(H,25,28,29,30). The van der Waals surface area contributed by atoms with Crippen molar-refractivity contribution in [2.24, 2.45) is 0 Å². The molecule has 5 rings (SSSR count). The maximum atomic E-state index is 12.9. The second-order valence-corrected chi connectivity index (χ2v) is 7.73. The molecule has 0 bridgehead atoms. The molecule has 10 nitrogen and oxygen atoms in total. The Labute approximate surface area is 191 Å². The smallest absolute Gasteiger partial charge is 0.255 e. The van der Waals surface area contributed by atoms with Crippen LogP contribution in [0.1, 0.15) is 10.4 Å². The number of piperazine rings is 1. The van der Waals surface area contributed by atoms with E-state index in [4.69, 9.17) is 4.98 Å². The van der Waals surface area contributed by atoms with E-state index in [0.29, 0.717) is 35.1 Å². The average Bonchev–Trinajstić information content (AvgIpc) is 3.35. The van der Waals surface area contributed by atoms with Crippen molar-refractivity contribution < 1.29 is 4.79 Å². The molecule has 4 aromatic heterocycles. The summed E-state index contributed by atoms with van der Waals surface area (Å²) in [7, 11) is 0. The highest BCUT2D eigenvalue weighted by Crippen LogP contribution is 2.24. The van der Waals surface area contributed by atoms with Crippen molar-refractivity contribution in [1.82, 2.24) is 40.1 Å². The monoisotopic (exact) mass is 443 g/mol. The largest absolute Gasteiger partial charge is 0.351 e. The van der Waals surface area contributed by atoms with Gasteiger partial charge in [0.2, 0.25) is 5.82 Å². The first-order chi connectivity index (χ1) is 16.3. The van der Waals surface area contributed by atoms with Crippen LogP contribution in [-0.4, -0.2) is 74.6 Å². The molecule has 0 radical (unpaired) electrons. The minimum atomic E-state index is -0.175. The van der Waals surface area contributed by atoms with Crippen LogP contribution in [0.4, 0.5) is 11.5 Å². The van der Waals surface area contributed by atoms with Gasteiger partial charge in [-0.25, -0.2) is 9.50 Å². The first kappa shape index (κ1) is 21.0. The third-order valence-electron chi connectivity index (χ3n) is 5.53. The van der Waals surface area contributed by atoms with Crippen LogP contribution in [0.15, 0.2) is 61.2 Å². The number of carbonyl (C=O) groups is 1. The van der Waals surface area contributed by atoms with Crippen molar-refractivity contribution >= 4 is 22.9 Å². The van der Waals surface area contributed by atoms with E-state index in [1.54, 1.807) is 29.2 Å². The number of carbonyl (C=O) groups excluding carboxylic acids is 1. The Balaban J connectivity index is 1.36. The van der Waals surface area contributed by atoms with Gasteiger partial charge in [-0.15, -0.1) is 5.10 Å². The predicted octanol–water partition coefficient (Wildman–Crippen LogP) is 1.56. The van der Waals surface area contributed by atoms with Crippen molar-refractivity contribution in [3.8, 4) is 11.5 Å². The lowest BCUT2D eigenvalue weighted by atomic mass is 10.2. The lowest BCUT2D eigenvalue weighted by Gasteiger charge is -2.27. The van der Waals surface area contributed by atoms with Crippen LogP contribution in [0.2, 0.25) is 0 Å². The first-order valence-electron chi connectivity index (χ1n) is 11.0. The summed E-state index contributed by atoms with van der Waals surface area (Å²) >= 11 is 0. The molecule has 1 saturated heterocycles. The number of pyridine rings is 2. The van der Waals surface area contributed by atoms with Crippen LogP contribution >= 0.6 is 0 Å². The summed E-state index contributed by atoms with van der Waals surface area (Å²) in [6, 6.07) is 11.2. The minimum absolute atomic E-state index is 0.175. The van der Waals surface area contributed by atoms with Gasteiger partial charge in [-0.2, -0.15) is 0 Å². The lowest BCUT2D eigenvalue weighted by Crippen LogP contribution is -2.46. The Bertz CT molecular complexity index is 1240. The third kappa shape index (κ3) is 4.81. The van der Waals surface area contributed by atoms with Gasteiger partial charge in [-0.05, 0) is 30.3 Å². The molecule has 1 aliphatic rings. The average molecular weight is 444 g/mol. The van der Waals surface area contributed by atoms with Crippen LogP contribution < -0.4 is 16.0 Å². The van der Waals surface area contributed by atoms with Gasteiger partial charge in [-0.1, -0.05) is 6.07 Å². The van der Waals surface area contributed by atoms with Crippen molar-refractivity contribution in [1.29, 1.82) is 0 Å². The molecule has 0 unspecified atom stereocenters. The zero-order chi connectivity index (χ0) is 22.5. The maximum Gasteiger partial charge on any atom is 0.255 e. The Morgan fingerprint density at radius 3 is 2.85 bits per heavy atom. The molecule has 0 atom stereocenters. The van der Waals surface area contributed by atoms with Crippen LogP contribution in [0.3, 0.4) is 0 Å². The summed E-state index contributed by atoms with van der Waals surface area (Å²) < 4.78 is 1.74. The molecule has 0 aromatic carbocycles. The van der Waals surface area contributed by atoms with E-state index < -0.39 is 0 Å². The van der Waals surface area contributed by atoms with E-state index in [9.17, 15) is 4.79 Å². The van der Waals surface area contributed by atoms with E-state index in [2.05, 4.69) is 35.9 Å². The number of rotatable bonds is 7. The van der Waals surface area contributed by atoms with Crippen molar-refractivity contribution in [3.63, 3.8) is 0 Å². The summed E-state index contributed by atoms with van der Waals surface area (Å²) in [4.78, 5) is 28.5. The molecule has 0 saturated carbocycles. The fourth-order valence-electron chi connectivity index (χ4n) is 3.80. The van der Waals surface area contributed by atoms with E-state index in [-0.39, 0.29) is 5.91 Å². The van der Waals surface area contributed by atoms with E-state index in [1.165, 1.54) is 0 Å². The van der Waals surface area contributed by atoms with Gasteiger partial charge in [0.25, 0.3) is 5.91 Å². The van der Waals surface area contributed by atoms with E-state index >= 15 is 0 Å². The Hall–Kier alpha value is -3.89. The van der Waals surface area contributed by atoms with Gasteiger partial charge in [0.15, 0.2) is 5.82 Å². The number of amides is 1. The number of hydrogen-bond acceptors (Lipinski definition) is 8. The zero-order valence-corrected chi connectivity index (χ0v) is 18.1. The fraction of sp³-hybridized carbons (Fsp3) is 0.261. The van der Waals surface area contributed by atoms with Gasteiger partial charge in [0.1, 0.15) is 11.2 Å². The molecule has 1 fully saturated rings. The van der Waals surface area contributed by atoms with Gasteiger partial charge in [-0.3, -0.25) is 19.7 Å². The highest BCUT2D eigenvalue weighted by molar-refractivity contribution is 6.00. The third-order valence-corrected chi connectivity index (χ3v) is 5.53. The highest BCUT2D eigenvalue weighted by Gasteiger charge is 2.16. The van der Waals surface area contributed by atoms with Crippen LogP contribution in [0.5, 0.6) is 0 Å². The van der Waals surface area contributed by atoms with Gasteiger partial charge in [0.05, 0.1) is 11.3 Å². The number of aromatic nitrogens is 5. The summed E-state index contributed by atoms with van der Waals surface area (Å²) in [6.45, 7) is 5.36. The number of hydrogen-bond donors (Lipinski definition) is 3. The van der Waals surface area contributed by atoms with Crippen molar-refractivity contribution in [3.05, 3.63) is 66.7 Å². The molecule has 10 heteroatoms. The molecule has 168 valence electrons. The molecule has 33 heavy (non-hydrogen) atoms. The number of fused-ring (bicyclic) bond motifs is 1. The SMILES string of the molecule is O=C(NCCN1CCNCC1)c1cnccc1Nc1nc(-c2ccccn2)nn2cccc12. The first-order valence-corrected chi connectivity index (χ1v) is 11.0. The molecular weight excluding hydrogens is 418 g/mol. The zero-order valence-electron chi connectivity index (χ0n) is 18.1. The molecule has 3 N–H and O–H groups in total. The molecule has 0 aliphatic carbocycles. The number of nitrogens with zero attached hydrogens (tertiary/aromatic N) is 6. The fourth-order valence-corrected chi connectivity index (χ4v) is 3.80. The van der Waals surface area contributed by atoms with Crippen molar-refractivity contribution in [2.45, 2.75) is 0 Å². The lowest BCUT2D eigenvalue weighted by molar-refractivity contribution is 0.0948. The summed E-state index contributed by atoms with van der Waals surface area (Å²) in [5.74, 6) is 0.890. The van der Waals surface area contributed by atoms with E-state index in [0.717, 1.165) is 38.2 Å². The Morgan fingerprint density at radius 1 is 1.09 bits per heavy atom. The van der Waals surface area contributed by atoms with Gasteiger partial charge < -0.3 is 16.0 Å². The predicted molar refractivity (Wildman–Crippen MR) is 125 cm³/mol. The van der Waals surface area contributed by atoms with Crippen LogP contribution in [0, 0.1) is 0 Å². The summed E-state index contributed by atoms with van der Waals surface area (Å²) in [5, 5.41) is 14.2. The van der Waals surface area contributed by atoms with E-state index in [1.807, 2.05) is 36.5 Å². The van der Waals surface area contributed by atoms with Crippen LogP contribution in [0.25, 0.3) is 17.0 Å². The second kappa shape index (κ2) is 9.72. The second-order valence-electron chi connectivity index (χ2n) is 7.73. The molecular formula is C23H25N9O. The molecule has 1 amide bonds. The molecule has 1 aliphatic heterocycles. The Morgan fingerprint density at radius 2 is 2.00 bits per heavy atom. The normalized spacial score (nSPS) is 14.3. The molecule has 4 aromatic rings.